The first kappa shape index (κ1) is 24.4. The van der Waals surface area contributed by atoms with Crippen LogP contribution in [0.2, 0.25) is 0 Å². The molecule has 7 nitrogen and oxygen atoms in total. The van der Waals surface area contributed by atoms with Gasteiger partial charge in [-0.1, -0.05) is 31.2 Å². The monoisotopic (exact) mass is 483 g/mol. The van der Waals surface area contributed by atoms with Gasteiger partial charge in [-0.3, -0.25) is 9.59 Å². The molecule has 2 aliphatic heterocycles. The molecule has 2 heterocycles. The highest BCUT2D eigenvalue weighted by atomic mass is 32.2. The van der Waals surface area contributed by atoms with Crippen molar-refractivity contribution in [2.24, 2.45) is 5.92 Å². The number of anilines is 1. The van der Waals surface area contributed by atoms with E-state index < -0.39 is 15.4 Å². The minimum atomic E-state index is -3.63. The number of amides is 2. The predicted octanol–water partition coefficient (Wildman–Crippen LogP) is 3.36. The molecule has 182 valence electrons. The molecular weight excluding hydrogens is 450 g/mol. The molecule has 0 aromatic heterocycles. The van der Waals surface area contributed by atoms with Crippen molar-refractivity contribution >= 4 is 27.5 Å². The average Bonchev–Trinajstić information content (AvgIpc) is 2.99. The molecule has 1 fully saturated rings. The number of carbonyl (C=O) groups excluding carboxylic acids is 2. The molecular formula is C26H33N3O4S. The Labute approximate surface area is 202 Å². The lowest BCUT2D eigenvalue weighted by Crippen LogP contribution is -2.42. The van der Waals surface area contributed by atoms with E-state index in [1.165, 1.54) is 9.21 Å². The number of rotatable bonds is 6. The first-order valence-electron chi connectivity index (χ1n) is 11.8. The van der Waals surface area contributed by atoms with Crippen LogP contribution < -0.4 is 10.2 Å². The van der Waals surface area contributed by atoms with Gasteiger partial charge in [0.15, 0.2) is 0 Å². The van der Waals surface area contributed by atoms with Crippen LogP contribution in [0.15, 0.2) is 47.4 Å². The van der Waals surface area contributed by atoms with Gasteiger partial charge >= 0.3 is 0 Å². The Morgan fingerprint density at radius 3 is 2.47 bits per heavy atom. The topological polar surface area (TPSA) is 86.8 Å². The SMILES string of the molecule is Cc1ccccc1CNC(=O)CN1C(=O)C(C)(C)c2cc(S(=O)(=O)N3CCC(C)CC3)ccc21. The van der Waals surface area contributed by atoms with E-state index in [0.29, 0.717) is 36.8 Å². The van der Waals surface area contributed by atoms with Crippen molar-refractivity contribution in [2.45, 2.75) is 57.4 Å². The number of hydrogen-bond donors (Lipinski definition) is 1. The zero-order valence-electron chi connectivity index (χ0n) is 20.3. The molecule has 1 saturated heterocycles. The number of hydrogen-bond acceptors (Lipinski definition) is 4. The molecule has 0 atom stereocenters. The lowest BCUT2D eigenvalue weighted by molar-refractivity contribution is -0.125. The van der Waals surface area contributed by atoms with E-state index in [0.717, 1.165) is 24.0 Å². The quantitative estimate of drug-likeness (QED) is 0.683. The Hall–Kier alpha value is -2.71. The summed E-state index contributed by atoms with van der Waals surface area (Å²) in [6.07, 6.45) is 1.69. The maximum atomic E-state index is 13.3. The highest BCUT2D eigenvalue weighted by molar-refractivity contribution is 7.89. The summed E-state index contributed by atoms with van der Waals surface area (Å²) in [7, 11) is -3.63. The molecule has 0 aliphatic carbocycles. The number of fused-ring (bicyclic) bond motifs is 1. The number of piperidine rings is 1. The molecule has 0 radical (unpaired) electrons. The normalized spacial score (nSPS) is 18.7. The second-order valence-electron chi connectivity index (χ2n) is 9.99. The van der Waals surface area contributed by atoms with Gasteiger partial charge in [0, 0.05) is 25.3 Å². The highest BCUT2D eigenvalue weighted by Gasteiger charge is 2.45. The van der Waals surface area contributed by atoms with Crippen molar-refractivity contribution in [1.29, 1.82) is 0 Å². The maximum Gasteiger partial charge on any atom is 0.243 e. The van der Waals surface area contributed by atoms with Crippen LogP contribution in [-0.2, 0) is 31.6 Å². The van der Waals surface area contributed by atoms with Crippen LogP contribution in [0.5, 0.6) is 0 Å². The van der Waals surface area contributed by atoms with Crippen molar-refractivity contribution in [2.75, 3.05) is 24.5 Å². The van der Waals surface area contributed by atoms with Crippen LogP contribution in [0.1, 0.15) is 50.3 Å². The lowest BCUT2D eigenvalue weighted by Gasteiger charge is -2.29. The fraction of sp³-hybridized carbons (Fsp3) is 0.462. The summed E-state index contributed by atoms with van der Waals surface area (Å²) in [4.78, 5) is 27.6. The molecule has 0 unspecified atom stereocenters. The van der Waals surface area contributed by atoms with Crippen LogP contribution in [0, 0.1) is 12.8 Å². The predicted molar refractivity (Wildman–Crippen MR) is 132 cm³/mol. The van der Waals surface area contributed by atoms with E-state index in [1.807, 2.05) is 31.2 Å². The Bertz CT molecular complexity index is 1210. The van der Waals surface area contributed by atoms with Crippen LogP contribution in [0.4, 0.5) is 5.69 Å². The van der Waals surface area contributed by atoms with E-state index in [1.54, 1.807) is 32.0 Å². The van der Waals surface area contributed by atoms with E-state index >= 15 is 0 Å². The van der Waals surface area contributed by atoms with Crippen LogP contribution >= 0.6 is 0 Å². The molecule has 4 rings (SSSR count). The summed E-state index contributed by atoms with van der Waals surface area (Å²) >= 11 is 0. The van der Waals surface area contributed by atoms with E-state index in [4.69, 9.17) is 0 Å². The van der Waals surface area contributed by atoms with Crippen molar-refractivity contribution < 1.29 is 18.0 Å². The van der Waals surface area contributed by atoms with Gasteiger partial charge in [0.2, 0.25) is 21.8 Å². The Morgan fingerprint density at radius 1 is 1.12 bits per heavy atom. The smallest absolute Gasteiger partial charge is 0.243 e. The summed E-state index contributed by atoms with van der Waals surface area (Å²) in [6.45, 7) is 8.97. The summed E-state index contributed by atoms with van der Waals surface area (Å²) in [5.74, 6) is 0.0443. The molecule has 2 aromatic carbocycles. The van der Waals surface area contributed by atoms with Gasteiger partial charge in [0.05, 0.1) is 10.3 Å². The van der Waals surface area contributed by atoms with E-state index in [-0.39, 0.29) is 23.3 Å². The zero-order chi connectivity index (χ0) is 24.7. The van der Waals surface area contributed by atoms with Crippen LogP contribution in [-0.4, -0.2) is 44.2 Å². The number of carbonyl (C=O) groups is 2. The van der Waals surface area contributed by atoms with Crippen molar-refractivity contribution in [3.8, 4) is 0 Å². The largest absolute Gasteiger partial charge is 0.350 e. The average molecular weight is 484 g/mol. The van der Waals surface area contributed by atoms with E-state index in [9.17, 15) is 18.0 Å². The first-order chi connectivity index (χ1) is 16.0. The van der Waals surface area contributed by atoms with Crippen molar-refractivity contribution in [1.82, 2.24) is 9.62 Å². The molecule has 0 bridgehead atoms. The Balaban J connectivity index is 1.54. The maximum absolute atomic E-state index is 13.3. The minimum Gasteiger partial charge on any atom is -0.350 e. The van der Waals surface area contributed by atoms with Gasteiger partial charge in [0.25, 0.3) is 0 Å². The molecule has 1 N–H and O–H groups in total. The number of nitrogens with one attached hydrogen (secondary N) is 1. The fourth-order valence-corrected chi connectivity index (χ4v) is 6.20. The zero-order valence-corrected chi connectivity index (χ0v) is 21.1. The molecule has 0 saturated carbocycles. The van der Waals surface area contributed by atoms with Gasteiger partial charge in [-0.05, 0) is 74.4 Å². The number of benzene rings is 2. The second-order valence-corrected chi connectivity index (χ2v) is 11.9. The summed E-state index contributed by atoms with van der Waals surface area (Å²) in [6, 6.07) is 12.7. The van der Waals surface area contributed by atoms with Crippen molar-refractivity contribution in [3.63, 3.8) is 0 Å². The third-order valence-corrected chi connectivity index (χ3v) is 9.03. The van der Waals surface area contributed by atoms with Gasteiger partial charge in [-0.25, -0.2) is 8.42 Å². The third-order valence-electron chi connectivity index (χ3n) is 7.13. The Morgan fingerprint density at radius 2 is 1.79 bits per heavy atom. The standard InChI is InChI=1S/C26H33N3O4S/c1-18-11-13-28(14-12-18)34(32,33)21-9-10-23-22(15-21)26(3,4)25(31)29(23)17-24(30)27-16-20-8-6-5-7-19(20)2/h5-10,15,18H,11-14,16-17H2,1-4H3,(H,27,30). The number of nitrogens with zero attached hydrogens (tertiary/aromatic N) is 2. The molecule has 0 spiro atoms. The highest BCUT2D eigenvalue weighted by Crippen LogP contribution is 2.42. The van der Waals surface area contributed by atoms with E-state index in [2.05, 4.69) is 12.2 Å². The molecule has 2 aliphatic rings. The van der Waals surface area contributed by atoms with Gasteiger partial charge < -0.3 is 10.2 Å². The first-order valence-corrected chi connectivity index (χ1v) is 13.2. The third kappa shape index (κ3) is 4.49. The van der Waals surface area contributed by atoms with Crippen LogP contribution in [0.3, 0.4) is 0 Å². The summed E-state index contributed by atoms with van der Waals surface area (Å²) in [5.41, 5.74) is 2.41. The number of sulfonamides is 1. The number of aryl methyl sites for hydroxylation is 1. The molecule has 8 heteroatoms. The molecule has 2 aromatic rings. The fourth-order valence-electron chi connectivity index (χ4n) is 4.71. The molecule has 2 amide bonds. The van der Waals surface area contributed by atoms with Gasteiger partial charge in [-0.2, -0.15) is 4.31 Å². The lowest BCUT2D eigenvalue weighted by atomic mass is 9.86. The summed E-state index contributed by atoms with van der Waals surface area (Å²) in [5, 5.41) is 2.89. The Kier molecular flexibility index (Phi) is 6.57. The van der Waals surface area contributed by atoms with Crippen LogP contribution in [0.25, 0.3) is 0 Å². The second kappa shape index (κ2) is 9.15. The molecule has 34 heavy (non-hydrogen) atoms. The van der Waals surface area contributed by atoms with Gasteiger partial charge in [-0.15, -0.1) is 0 Å². The van der Waals surface area contributed by atoms with Gasteiger partial charge in [0.1, 0.15) is 6.54 Å². The minimum absolute atomic E-state index is 0.114. The van der Waals surface area contributed by atoms with Crippen molar-refractivity contribution in [3.05, 3.63) is 59.2 Å². The summed E-state index contributed by atoms with van der Waals surface area (Å²) < 4.78 is 28.0.